The van der Waals surface area contributed by atoms with Crippen molar-refractivity contribution >= 4 is 5.91 Å². The van der Waals surface area contributed by atoms with Gasteiger partial charge in [-0.25, -0.2) is 0 Å². The van der Waals surface area contributed by atoms with Crippen molar-refractivity contribution in [2.24, 2.45) is 11.3 Å². The molecule has 0 bridgehead atoms. The monoisotopic (exact) mass is 229 g/mol. The van der Waals surface area contributed by atoms with Gasteiger partial charge in [-0.05, 0) is 24.2 Å². The van der Waals surface area contributed by atoms with E-state index in [1.165, 1.54) is 0 Å². The second-order valence-corrected chi connectivity index (χ2v) is 6.03. The van der Waals surface area contributed by atoms with Gasteiger partial charge in [0.25, 0.3) is 0 Å². The fraction of sp³-hybridized carbons (Fsp3) is 0.923. The number of aliphatic hydroxyl groups is 1. The minimum atomic E-state index is -0.438. The zero-order valence-corrected chi connectivity index (χ0v) is 11.3. The van der Waals surface area contributed by atoms with Gasteiger partial charge in [-0.2, -0.15) is 0 Å². The number of hydrogen-bond donors (Lipinski definition) is 2. The zero-order valence-electron chi connectivity index (χ0n) is 11.3. The van der Waals surface area contributed by atoms with Crippen LogP contribution in [0.5, 0.6) is 0 Å². The van der Waals surface area contributed by atoms with Crippen molar-refractivity contribution in [2.45, 2.75) is 60.0 Å². The van der Waals surface area contributed by atoms with E-state index in [1.54, 1.807) is 0 Å². The van der Waals surface area contributed by atoms with E-state index in [2.05, 4.69) is 26.1 Å². The fourth-order valence-electron chi connectivity index (χ4n) is 1.32. The van der Waals surface area contributed by atoms with Crippen molar-refractivity contribution in [1.82, 2.24) is 5.32 Å². The number of amides is 1. The second-order valence-electron chi connectivity index (χ2n) is 6.03. The Bertz CT molecular complexity index is 206. The Labute approximate surface area is 99.6 Å². The molecule has 3 nitrogen and oxygen atoms in total. The van der Waals surface area contributed by atoms with Crippen molar-refractivity contribution in [1.29, 1.82) is 0 Å². The number of nitrogens with one attached hydrogen (secondary N) is 1. The number of carbonyl (C=O) groups is 1. The lowest BCUT2D eigenvalue weighted by Gasteiger charge is -2.18. The quantitative estimate of drug-likeness (QED) is 0.734. The van der Waals surface area contributed by atoms with E-state index >= 15 is 0 Å². The van der Waals surface area contributed by atoms with Gasteiger partial charge in [0, 0.05) is 13.0 Å². The molecule has 1 unspecified atom stereocenters. The van der Waals surface area contributed by atoms with Crippen LogP contribution in [0.3, 0.4) is 0 Å². The molecule has 0 aromatic heterocycles. The van der Waals surface area contributed by atoms with Crippen LogP contribution in [-0.4, -0.2) is 23.7 Å². The summed E-state index contributed by atoms with van der Waals surface area (Å²) in [5.74, 6) is 0.235. The standard InChI is InChI=1S/C13H27NO2/c1-10(2)11(15)9-14-12(16)7-6-8-13(3,4)5/h10-11,15H,6-9H2,1-5H3,(H,14,16). The molecule has 2 N–H and O–H groups in total. The number of rotatable bonds is 6. The van der Waals surface area contributed by atoms with Crippen LogP contribution < -0.4 is 5.32 Å². The predicted octanol–water partition coefficient (Wildman–Crippen LogP) is 2.34. The van der Waals surface area contributed by atoms with Crippen LogP contribution in [0, 0.1) is 11.3 Å². The van der Waals surface area contributed by atoms with Crippen molar-refractivity contribution < 1.29 is 9.90 Å². The van der Waals surface area contributed by atoms with Crippen LogP contribution in [0.15, 0.2) is 0 Å². The van der Waals surface area contributed by atoms with Crippen LogP contribution in [0.1, 0.15) is 53.9 Å². The third kappa shape index (κ3) is 8.72. The lowest BCUT2D eigenvalue weighted by atomic mass is 9.90. The highest BCUT2D eigenvalue weighted by molar-refractivity contribution is 5.75. The normalized spacial score (nSPS) is 13.9. The topological polar surface area (TPSA) is 49.3 Å². The average molecular weight is 229 g/mol. The molecule has 0 heterocycles. The SMILES string of the molecule is CC(C)C(O)CNC(=O)CCCC(C)(C)C. The molecule has 0 aliphatic carbocycles. The van der Waals surface area contributed by atoms with Crippen molar-refractivity contribution in [3.05, 3.63) is 0 Å². The van der Waals surface area contributed by atoms with Crippen LogP contribution >= 0.6 is 0 Å². The molecule has 0 aromatic rings. The lowest BCUT2D eigenvalue weighted by molar-refractivity contribution is -0.121. The first kappa shape index (κ1) is 15.4. The number of carbonyl (C=O) groups excluding carboxylic acids is 1. The Morgan fingerprint density at radius 3 is 2.31 bits per heavy atom. The van der Waals surface area contributed by atoms with Gasteiger partial charge in [-0.3, -0.25) is 4.79 Å². The third-order valence-corrected chi connectivity index (χ3v) is 2.61. The molecule has 0 radical (unpaired) electrons. The largest absolute Gasteiger partial charge is 0.391 e. The van der Waals surface area contributed by atoms with E-state index in [1.807, 2.05) is 13.8 Å². The van der Waals surface area contributed by atoms with E-state index < -0.39 is 6.10 Å². The van der Waals surface area contributed by atoms with Crippen molar-refractivity contribution in [3.63, 3.8) is 0 Å². The summed E-state index contributed by atoms with van der Waals surface area (Å²) in [4.78, 5) is 11.4. The highest BCUT2D eigenvalue weighted by atomic mass is 16.3. The summed E-state index contributed by atoms with van der Waals surface area (Å²) in [5, 5.41) is 12.3. The first-order valence-corrected chi connectivity index (χ1v) is 6.17. The molecule has 0 spiro atoms. The molecule has 1 amide bonds. The molecule has 0 rings (SSSR count). The Morgan fingerprint density at radius 1 is 1.31 bits per heavy atom. The summed E-state index contributed by atoms with van der Waals surface area (Å²) in [6.45, 7) is 10.8. The van der Waals surface area contributed by atoms with Gasteiger partial charge in [0.1, 0.15) is 0 Å². The lowest BCUT2D eigenvalue weighted by Crippen LogP contribution is -2.34. The first-order chi connectivity index (χ1) is 7.22. The smallest absolute Gasteiger partial charge is 0.220 e. The molecule has 0 saturated heterocycles. The zero-order chi connectivity index (χ0) is 12.8. The molecule has 0 fully saturated rings. The van der Waals surface area contributed by atoms with Crippen molar-refractivity contribution in [2.75, 3.05) is 6.54 Å². The van der Waals surface area contributed by atoms with E-state index in [-0.39, 0.29) is 17.2 Å². The van der Waals surface area contributed by atoms with Gasteiger partial charge in [0.2, 0.25) is 5.91 Å². The average Bonchev–Trinajstić information content (AvgIpc) is 2.11. The minimum Gasteiger partial charge on any atom is -0.391 e. The third-order valence-electron chi connectivity index (χ3n) is 2.61. The summed E-state index contributed by atoms with van der Waals surface area (Å²) < 4.78 is 0. The molecule has 1 atom stereocenters. The van der Waals surface area contributed by atoms with Crippen molar-refractivity contribution in [3.8, 4) is 0 Å². The van der Waals surface area contributed by atoms with Gasteiger partial charge < -0.3 is 10.4 Å². The molecule has 96 valence electrons. The van der Waals surface area contributed by atoms with Crippen LogP contribution in [0.25, 0.3) is 0 Å². The Balaban J connectivity index is 3.60. The van der Waals surface area contributed by atoms with E-state index in [9.17, 15) is 9.90 Å². The van der Waals surface area contributed by atoms with E-state index in [4.69, 9.17) is 0 Å². The molecule has 0 aromatic carbocycles. The minimum absolute atomic E-state index is 0.0453. The van der Waals surface area contributed by atoms with Gasteiger partial charge in [-0.1, -0.05) is 34.6 Å². The van der Waals surface area contributed by atoms with Gasteiger partial charge in [0.05, 0.1) is 6.10 Å². The molecule has 0 aliphatic heterocycles. The van der Waals surface area contributed by atoms with Crippen LogP contribution in [0.2, 0.25) is 0 Å². The maximum absolute atomic E-state index is 11.4. The van der Waals surface area contributed by atoms with Crippen LogP contribution in [-0.2, 0) is 4.79 Å². The summed E-state index contributed by atoms with van der Waals surface area (Å²) >= 11 is 0. The second kappa shape index (κ2) is 6.89. The van der Waals surface area contributed by atoms with E-state index in [0.717, 1.165) is 12.8 Å². The summed E-state index contributed by atoms with van der Waals surface area (Å²) in [6.07, 6.45) is 2.08. The molecule has 0 aliphatic rings. The molecule has 3 heteroatoms. The summed E-state index contributed by atoms with van der Waals surface area (Å²) in [6, 6.07) is 0. The molecular formula is C13H27NO2. The number of hydrogen-bond acceptors (Lipinski definition) is 2. The summed E-state index contributed by atoms with van der Waals surface area (Å²) in [7, 11) is 0. The van der Waals surface area contributed by atoms with Gasteiger partial charge in [-0.15, -0.1) is 0 Å². The Hall–Kier alpha value is -0.570. The maximum Gasteiger partial charge on any atom is 0.220 e. The van der Waals surface area contributed by atoms with E-state index in [0.29, 0.717) is 13.0 Å². The highest BCUT2D eigenvalue weighted by Gasteiger charge is 2.13. The van der Waals surface area contributed by atoms with Crippen LogP contribution in [0.4, 0.5) is 0 Å². The maximum atomic E-state index is 11.4. The van der Waals surface area contributed by atoms with Gasteiger partial charge in [0.15, 0.2) is 0 Å². The summed E-state index contributed by atoms with van der Waals surface area (Å²) in [5.41, 5.74) is 0.289. The predicted molar refractivity (Wildman–Crippen MR) is 67.2 cm³/mol. The number of aliphatic hydroxyl groups excluding tert-OH is 1. The van der Waals surface area contributed by atoms with Gasteiger partial charge >= 0.3 is 0 Å². The fourth-order valence-corrected chi connectivity index (χ4v) is 1.32. The molecule has 0 saturated carbocycles. The Morgan fingerprint density at radius 2 is 1.88 bits per heavy atom. The highest BCUT2D eigenvalue weighted by Crippen LogP contribution is 2.21. The molecule has 16 heavy (non-hydrogen) atoms. The molecular weight excluding hydrogens is 202 g/mol. The first-order valence-electron chi connectivity index (χ1n) is 6.17. The Kier molecular flexibility index (Phi) is 6.65.